The second kappa shape index (κ2) is 3.38. The Balaban J connectivity index is 2.46. The summed E-state index contributed by atoms with van der Waals surface area (Å²) in [5, 5.41) is 18.0. The molecule has 0 saturated heterocycles. The minimum Gasteiger partial charge on any atom is -0.481 e. The predicted molar refractivity (Wildman–Crippen MR) is 51.6 cm³/mol. The summed E-state index contributed by atoms with van der Waals surface area (Å²) in [5.74, 6) is -3.84. The highest BCUT2D eigenvalue weighted by atomic mass is 16.4. The first-order valence-corrected chi connectivity index (χ1v) is 4.64. The predicted octanol–water partition coefficient (Wildman–Crippen LogP) is 1.11. The van der Waals surface area contributed by atoms with E-state index in [0.29, 0.717) is 12.0 Å². The van der Waals surface area contributed by atoms with Crippen LogP contribution in [-0.4, -0.2) is 22.2 Å². The third-order valence-electron chi connectivity index (χ3n) is 2.82. The average Bonchev–Trinajstić information content (AvgIpc) is 2.56. The number of hydrogen-bond acceptors (Lipinski definition) is 2. The zero-order chi connectivity index (χ0) is 11.0. The van der Waals surface area contributed by atoms with Gasteiger partial charge in [0.15, 0.2) is 0 Å². The van der Waals surface area contributed by atoms with Crippen LogP contribution in [0.5, 0.6) is 0 Å². The Bertz CT molecular complexity index is 424. The van der Waals surface area contributed by atoms with E-state index in [0.717, 1.165) is 5.56 Å². The SMILES string of the molecule is O=C(O)[C@@H]1c2ccccc2C[C@H]1C(=O)O. The Morgan fingerprint density at radius 2 is 1.80 bits per heavy atom. The molecule has 1 aliphatic carbocycles. The van der Waals surface area contributed by atoms with Crippen molar-refractivity contribution >= 4 is 11.9 Å². The molecule has 1 aromatic rings. The van der Waals surface area contributed by atoms with Gasteiger partial charge in [-0.2, -0.15) is 0 Å². The minimum atomic E-state index is -1.06. The first kappa shape index (κ1) is 9.71. The van der Waals surface area contributed by atoms with E-state index in [1.54, 1.807) is 24.3 Å². The van der Waals surface area contributed by atoms with Gasteiger partial charge < -0.3 is 10.2 Å². The van der Waals surface area contributed by atoms with Crippen LogP contribution in [0.3, 0.4) is 0 Å². The van der Waals surface area contributed by atoms with Gasteiger partial charge in [0.1, 0.15) is 0 Å². The normalized spacial score (nSPS) is 23.5. The topological polar surface area (TPSA) is 74.6 Å². The molecule has 0 aliphatic heterocycles. The smallest absolute Gasteiger partial charge is 0.311 e. The van der Waals surface area contributed by atoms with Gasteiger partial charge in [-0.3, -0.25) is 9.59 Å². The van der Waals surface area contributed by atoms with Crippen molar-refractivity contribution in [2.75, 3.05) is 0 Å². The molecule has 2 N–H and O–H groups in total. The summed E-state index contributed by atoms with van der Waals surface area (Å²) in [6, 6.07) is 7.01. The van der Waals surface area contributed by atoms with Crippen molar-refractivity contribution in [3.05, 3.63) is 35.4 Å². The van der Waals surface area contributed by atoms with Crippen LogP contribution in [0, 0.1) is 5.92 Å². The quantitative estimate of drug-likeness (QED) is 0.760. The van der Waals surface area contributed by atoms with Gasteiger partial charge in [-0.15, -0.1) is 0 Å². The van der Waals surface area contributed by atoms with E-state index in [9.17, 15) is 9.59 Å². The van der Waals surface area contributed by atoms with Crippen molar-refractivity contribution < 1.29 is 19.8 Å². The Morgan fingerprint density at radius 1 is 1.13 bits per heavy atom. The summed E-state index contributed by atoms with van der Waals surface area (Å²) in [6.07, 6.45) is 0.308. The lowest BCUT2D eigenvalue weighted by Gasteiger charge is -2.11. The Kier molecular flexibility index (Phi) is 2.19. The molecule has 1 aromatic carbocycles. The van der Waals surface area contributed by atoms with Crippen molar-refractivity contribution in [2.24, 2.45) is 5.92 Å². The lowest BCUT2D eigenvalue weighted by Crippen LogP contribution is -2.24. The van der Waals surface area contributed by atoms with Gasteiger partial charge in [0, 0.05) is 0 Å². The van der Waals surface area contributed by atoms with Crippen LogP contribution in [0.4, 0.5) is 0 Å². The zero-order valence-electron chi connectivity index (χ0n) is 7.88. The summed E-state index contributed by atoms with van der Waals surface area (Å²) in [4.78, 5) is 21.9. The summed E-state index contributed by atoms with van der Waals surface area (Å²) in [6.45, 7) is 0. The third-order valence-corrected chi connectivity index (χ3v) is 2.82. The van der Waals surface area contributed by atoms with Gasteiger partial charge in [0.2, 0.25) is 0 Å². The maximum Gasteiger partial charge on any atom is 0.311 e. The van der Waals surface area contributed by atoms with E-state index >= 15 is 0 Å². The standard InChI is InChI=1S/C11H10O4/c12-10(13)8-5-6-3-1-2-4-7(6)9(8)11(14)15/h1-4,8-9H,5H2,(H,12,13)(H,14,15)/t8-,9-/m1/s1. The highest BCUT2D eigenvalue weighted by Gasteiger charge is 2.41. The zero-order valence-corrected chi connectivity index (χ0v) is 7.88. The van der Waals surface area contributed by atoms with Crippen molar-refractivity contribution in [1.29, 1.82) is 0 Å². The maximum absolute atomic E-state index is 11.0. The molecule has 0 bridgehead atoms. The van der Waals surface area contributed by atoms with E-state index < -0.39 is 23.8 Å². The van der Waals surface area contributed by atoms with Crippen LogP contribution in [-0.2, 0) is 16.0 Å². The number of carboxylic acids is 2. The van der Waals surface area contributed by atoms with Gasteiger partial charge in [-0.1, -0.05) is 24.3 Å². The van der Waals surface area contributed by atoms with Gasteiger partial charge in [-0.25, -0.2) is 0 Å². The molecule has 0 fully saturated rings. The number of hydrogen-bond donors (Lipinski definition) is 2. The first-order chi connectivity index (χ1) is 7.11. The lowest BCUT2D eigenvalue weighted by atomic mass is 9.93. The molecule has 0 unspecified atom stereocenters. The van der Waals surface area contributed by atoms with Crippen LogP contribution in [0.15, 0.2) is 24.3 Å². The van der Waals surface area contributed by atoms with Crippen molar-refractivity contribution in [3.63, 3.8) is 0 Å². The summed E-state index contributed by atoms with van der Waals surface area (Å²) in [7, 11) is 0. The van der Waals surface area contributed by atoms with E-state index in [-0.39, 0.29) is 0 Å². The second-order valence-corrected chi connectivity index (χ2v) is 3.66. The highest BCUT2D eigenvalue weighted by Crippen LogP contribution is 2.38. The monoisotopic (exact) mass is 206 g/mol. The molecule has 1 aliphatic rings. The molecular weight excluding hydrogens is 196 g/mol. The van der Waals surface area contributed by atoms with Crippen molar-refractivity contribution in [2.45, 2.75) is 12.3 Å². The molecule has 4 nitrogen and oxygen atoms in total. The Labute approximate surface area is 86.2 Å². The number of benzene rings is 1. The van der Waals surface area contributed by atoms with Gasteiger partial charge in [0.05, 0.1) is 11.8 Å². The first-order valence-electron chi connectivity index (χ1n) is 4.64. The van der Waals surface area contributed by atoms with Gasteiger partial charge in [-0.05, 0) is 17.5 Å². The maximum atomic E-state index is 11.0. The number of carboxylic acid groups (broad SMARTS) is 2. The second-order valence-electron chi connectivity index (χ2n) is 3.66. The molecule has 0 spiro atoms. The number of aliphatic carboxylic acids is 2. The molecule has 0 radical (unpaired) electrons. The van der Waals surface area contributed by atoms with Crippen molar-refractivity contribution in [3.8, 4) is 0 Å². The molecule has 0 amide bonds. The molecule has 0 aromatic heterocycles. The lowest BCUT2D eigenvalue weighted by molar-refractivity contribution is -0.149. The van der Waals surface area contributed by atoms with E-state index in [1.165, 1.54) is 0 Å². The molecule has 0 heterocycles. The fraction of sp³-hybridized carbons (Fsp3) is 0.273. The highest BCUT2D eigenvalue weighted by molar-refractivity contribution is 5.86. The molecular formula is C11H10O4. The average molecular weight is 206 g/mol. The Hall–Kier alpha value is -1.84. The molecule has 4 heteroatoms. The van der Waals surface area contributed by atoms with Crippen LogP contribution >= 0.6 is 0 Å². The molecule has 2 rings (SSSR count). The summed E-state index contributed by atoms with van der Waals surface area (Å²) >= 11 is 0. The van der Waals surface area contributed by atoms with E-state index in [2.05, 4.69) is 0 Å². The number of fused-ring (bicyclic) bond motifs is 1. The van der Waals surface area contributed by atoms with E-state index in [1.807, 2.05) is 0 Å². The number of rotatable bonds is 2. The van der Waals surface area contributed by atoms with Gasteiger partial charge >= 0.3 is 11.9 Å². The Morgan fingerprint density at radius 3 is 2.40 bits per heavy atom. The van der Waals surface area contributed by atoms with Crippen LogP contribution in [0.1, 0.15) is 17.0 Å². The molecule has 78 valence electrons. The van der Waals surface area contributed by atoms with Crippen LogP contribution in [0.2, 0.25) is 0 Å². The van der Waals surface area contributed by atoms with Crippen LogP contribution in [0.25, 0.3) is 0 Å². The summed E-state index contributed by atoms with van der Waals surface area (Å²) in [5.41, 5.74) is 1.47. The molecule has 15 heavy (non-hydrogen) atoms. The largest absolute Gasteiger partial charge is 0.481 e. The summed E-state index contributed by atoms with van der Waals surface area (Å²) < 4.78 is 0. The third kappa shape index (κ3) is 1.48. The van der Waals surface area contributed by atoms with Crippen LogP contribution < -0.4 is 0 Å². The molecule has 2 atom stereocenters. The fourth-order valence-electron chi connectivity index (χ4n) is 2.13. The van der Waals surface area contributed by atoms with Gasteiger partial charge in [0.25, 0.3) is 0 Å². The molecule has 0 saturated carbocycles. The van der Waals surface area contributed by atoms with E-state index in [4.69, 9.17) is 10.2 Å². The number of carbonyl (C=O) groups is 2. The fourth-order valence-corrected chi connectivity index (χ4v) is 2.13. The minimum absolute atomic E-state index is 0.308. The van der Waals surface area contributed by atoms with Crippen molar-refractivity contribution in [1.82, 2.24) is 0 Å².